The summed E-state index contributed by atoms with van der Waals surface area (Å²) in [6, 6.07) is 0. The standard InChI is InChI=1S/2CH4O.2ClH.V/c2*1-2;;;/h2*2H,1H3;2*1H;. The monoisotopic (exact) mass is 187 g/mol. The summed E-state index contributed by atoms with van der Waals surface area (Å²) >= 11 is 0. The van der Waals surface area contributed by atoms with E-state index in [1.54, 1.807) is 0 Å². The zero-order valence-electron chi connectivity index (χ0n) is 4.16. The fourth-order valence-electron chi connectivity index (χ4n) is 0. The predicted molar refractivity (Wildman–Crippen MR) is 30.8 cm³/mol. The number of aliphatic hydroxyl groups excluding tert-OH is 2. The first-order chi connectivity index (χ1) is 2.00. The summed E-state index contributed by atoms with van der Waals surface area (Å²) in [6.45, 7) is 0. The van der Waals surface area contributed by atoms with Gasteiger partial charge in [0.15, 0.2) is 0 Å². The van der Waals surface area contributed by atoms with Crippen molar-refractivity contribution < 1.29 is 28.8 Å². The van der Waals surface area contributed by atoms with Crippen LogP contribution in [0.15, 0.2) is 0 Å². The molecule has 0 saturated carbocycles. The Hall–Kier alpha value is 1.08. The van der Waals surface area contributed by atoms with E-state index >= 15 is 0 Å². The third kappa shape index (κ3) is 156. The first kappa shape index (κ1) is 42.6. The summed E-state index contributed by atoms with van der Waals surface area (Å²) in [5.74, 6) is 0. The topological polar surface area (TPSA) is 40.5 Å². The maximum Gasteiger partial charge on any atom is 0.0319 e. The van der Waals surface area contributed by atoms with Crippen molar-refractivity contribution in [2.75, 3.05) is 14.2 Å². The summed E-state index contributed by atoms with van der Waals surface area (Å²) in [5, 5.41) is 14.0. The SMILES string of the molecule is CO.CO.Cl.Cl.[V]. The minimum Gasteiger partial charge on any atom is -0.400 e. The second-order valence-electron chi connectivity index (χ2n) is 0. The first-order valence-corrected chi connectivity index (χ1v) is 0.894. The zero-order valence-corrected chi connectivity index (χ0v) is 7.19. The smallest absolute Gasteiger partial charge is 0.0319 e. The molecule has 5 heteroatoms. The zero-order chi connectivity index (χ0) is 4.00. The molecule has 0 unspecified atom stereocenters. The van der Waals surface area contributed by atoms with Crippen molar-refractivity contribution >= 4 is 24.8 Å². The van der Waals surface area contributed by atoms with Crippen LogP contribution in [-0.4, -0.2) is 24.4 Å². The molecule has 0 aromatic carbocycles. The Balaban J connectivity index is -0.00000000267. The molecule has 0 bridgehead atoms. The third-order valence-electron chi connectivity index (χ3n) is 0. The minimum absolute atomic E-state index is 0. The molecule has 0 aromatic rings. The fourth-order valence-corrected chi connectivity index (χ4v) is 0. The van der Waals surface area contributed by atoms with Crippen LogP contribution in [0.3, 0.4) is 0 Å². The van der Waals surface area contributed by atoms with Gasteiger partial charge in [0.25, 0.3) is 0 Å². The van der Waals surface area contributed by atoms with E-state index in [9.17, 15) is 0 Å². The molecule has 2 nitrogen and oxygen atoms in total. The van der Waals surface area contributed by atoms with Gasteiger partial charge >= 0.3 is 0 Å². The van der Waals surface area contributed by atoms with E-state index < -0.39 is 0 Å². The van der Waals surface area contributed by atoms with E-state index in [1.165, 1.54) is 0 Å². The van der Waals surface area contributed by atoms with Crippen molar-refractivity contribution in [2.45, 2.75) is 0 Å². The van der Waals surface area contributed by atoms with Crippen molar-refractivity contribution in [3.63, 3.8) is 0 Å². The number of rotatable bonds is 0. The van der Waals surface area contributed by atoms with E-state index in [-0.39, 0.29) is 43.4 Å². The molecule has 0 aromatic heterocycles. The Kier molecular flexibility index (Phi) is 1360. The van der Waals surface area contributed by atoms with Crippen LogP contribution in [-0.2, 0) is 18.6 Å². The third-order valence-corrected chi connectivity index (χ3v) is 0. The molecule has 0 aliphatic carbocycles. The van der Waals surface area contributed by atoms with Gasteiger partial charge in [-0.3, -0.25) is 0 Å². The molecule has 0 atom stereocenters. The van der Waals surface area contributed by atoms with Crippen LogP contribution in [0.1, 0.15) is 0 Å². The van der Waals surface area contributed by atoms with E-state index in [1.807, 2.05) is 0 Å². The summed E-state index contributed by atoms with van der Waals surface area (Å²) in [4.78, 5) is 0. The van der Waals surface area contributed by atoms with E-state index in [0.29, 0.717) is 0 Å². The van der Waals surface area contributed by atoms with Crippen LogP contribution in [0.2, 0.25) is 0 Å². The van der Waals surface area contributed by atoms with Gasteiger partial charge in [0.1, 0.15) is 0 Å². The predicted octanol–water partition coefficient (Wildman–Crippen LogP) is 0.0581. The Morgan fingerprint density at radius 2 is 0.714 bits per heavy atom. The van der Waals surface area contributed by atoms with Gasteiger partial charge < -0.3 is 10.2 Å². The van der Waals surface area contributed by atoms with Gasteiger partial charge in [-0.2, -0.15) is 0 Å². The van der Waals surface area contributed by atoms with Gasteiger partial charge in [0.05, 0.1) is 0 Å². The van der Waals surface area contributed by atoms with Gasteiger partial charge in [0.2, 0.25) is 0 Å². The molecule has 7 heavy (non-hydrogen) atoms. The Morgan fingerprint density at radius 3 is 0.714 bits per heavy atom. The number of halogens is 2. The van der Waals surface area contributed by atoms with Crippen LogP contribution in [0.25, 0.3) is 0 Å². The summed E-state index contributed by atoms with van der Waals surface area (Å²) in [5.41, 5.74) is 0. The van der Waals surface area contributed by atoms with Gasteiger partial charge in [0, 0.05) is 32.8 Å². The average Bonchev–Trinajstić information content (AvgIpc) is 1.50. The quantitative estimate of drug-likeness (QED) is 0.564. The molecule has 0 aliphatic rings. The molecular weight excluding hydrogens is 178 g/mol. The molecule has 2 N–H and O–H groups in total. The maximum atomic E-state index is 7.00. The first-order valence-electron chi connectivity index (χ1n) is 0.894. The van der Waals surface area contributed by atoms with Gasteiger partial charge in [-0.15, -0.1) is 24.8 Å². The summed E-state index contributed by atoms with van der Waals surface area (Å²) < 4.78 is 0. The number of hydrogen-bond acceptors (Lipinski definition) is 2. The van der Waals surface area contributed by atoms with Crippen molar-refractivity contribution in [3.05, 3.63) is 0 Å². The normalized spacial score (nSPS) is 1.71. The van der Waals surface area contributed by atoms with Crippen molar-refractivity contribution in [2.24, 2.45) is 0 Å². The van der Waals surface area contributed by atoms with Crippen LogP contribution in [0.5, 0.6) is 0 Å². The molecule has 0 aliphatic heterocycles. The van der Waals surface area contributed by atoms with Gasteiger partial charge in [-0.25, -0.2) is 0 Å². The van der Waals surface area contributed by atoms with E-state index in [0.717, 1.165) is 14.2 Å². The Morgan fingerprint density at radius 1 is 0.714 bits per heavy atom. The van der Waals surface area contributed by atoms with Gasteiger partial charge in [-0.05, 0) is 0 Å². The molecule has 0 fully saturated rings. The maximum absolute atomic E-state index is 7.00. The Bertz CT molecular complexity index is 13.7. The van der Waals surface area contributed by atoms with Gasteiger partial charge in [-0.1, -0.05) is 0 Å². The molecule has 1 radical (unpaired) electrons. The van der Waals surface area contributed by atoms with Crippen molar-refractivity contribution in [3.8, 4) is 0 Å². The average molecular weight is 188 g/mol. The molecule has 0 rings (SSSR count). The Labute approximate surface area is 68.0 Å². The summed E-state index contributed by atoms with van der Waals surface area (Å²) in [7, 11) is 2.00. The molecule has 0 amide bonds. The van der Waals surface area contributed by atoms with Crippen molar-refractivity contribution in [1.82, 2.24) is 0 Å². The number of hydrogen-bond donors (Lipinski definition) is 2. The summed E-state index contributed by atoms with van der Waals surface area (Å²) in [6.07, 6.45) is 0. The molecular formula is C2H10Cl2O2V. The second kappa shape index (κ2) is 223. The molecule has 0 saturated heterocycles. The molecule has 0 heterocycles. The second-order valence-corrected chi connectivity index (χ2v) is 0. The van der Waals surface area contributed by atoms with Crippen LogP contribution in [0.4, 0.5) is 0 Å². The molecule has 49 valence electrons. The van der Waals surface area contributed by atoms with Crippen LogP contribution >= 0.6 is 24.8 Å². The largest absolute Gasteiger partial charge is 0.400 e. The van der Waals surface area contributed by atoms with E-state index in [2.05, 4.69) is 0 Å². The van der Waals surface area contributed by atoms with Crippen LogP contribution in [0, 0.1) is 0 Å². The fraction of sp³-hybridized carbons (Fsp3) is 1.00. The number of aliphatic hydroxyl groups is 2. The molecule has 0 spiro atoms. The van der Waals surface area contributed by atoms with Crippen molar-refractivity contribution in [1.29, 1.82) is 0 Å². The van der Waals surface area contributed by atoms with E-state index in [4.69, 9.17) is 10.2 Å². The minimum atomic E-state index is 0. The van der Waals surface area contributed by atoms with Crippen LogP contribution < -0.4 is 0 Å².